The first-order valence-electron chi connectivity index (χ1n) is 13.5. The van der Waals surface area contributed by atoms with Gasteiger partial charge in [-0.05, 0) is 68.5 Å². The number of amides is 1. The van der Waals surface area contributed by atoms with Crippen molar-refractivity contribution in [2.45, 2.75) is 52.0 Å². The van der Waals surface area contributed by atoms with Gasteiger partial charge in [0.15, 0.2) is 0 Å². The Kier molecular flexibility index (Phi) is 7.43. The van der Waals surface area contributed by atoms with E-state index >= 15 is 0 Å². The smallest absolute Gasteiger partial charge is 0.256 e. The minimum Gasteiger partial charge on any atom is -0.371 e. The minimum atomic E-state index is -0.0171. The van der Waals surface area contributed by atoms with E-state index in [0.29, 0.717) is 6.04 Å². The summed E-state index contributed by atoms with van der Waals surface area (Å²) in [6.07, 6.45) is 13.1. The Balaban J connectivity index is 1.28. The molecule has 5 heteroatoms. The zero-order valence-electron chi connectivity index (χ0n) is 21.4. The first-order chi connectivity index (χ1) is 17.1. The molecule has 1 amide bonds. The van der Waals surface area contributed by atoms with Crippen LogP contribution in [0.4, 0.5) is 5.69 Å². The number of benzene rings is 2. The normalized spacial score (nSPS) is 19.9. The van der Waals surface area contributed by atoms with E-state index in [-0.39, 0.29) is 5.91 Å². The van der Waals surface area contributed by atoms with Crippen molar-refractivity contribution in [3.8, 4) is 0 Å². The summed E-state index contributed by atoms with van der Waals surface area (Å²) in [5.41, 5.74) is 2.96. The Morgan fingerprint density at radius 3 is 2.46 bits per heavy atom. The topological polar surface area (TPSA) is 38.8 Å². The number of carbonyl (C=O) groups is 1. The summed E-state index contributed by atoms with van der Waals surface area (Å²) in [5.74, 6) is 0.763. The van der Waals surface area contributed by atoms with Crippen molar-refractivity contribution in [2.75, 3.05) is 44.2 Å². The van der Waals surface area contributed by atoms with Crippen molar-refractivity contribution in [3.05, 3.63) is 66.0 Å². The third kappa shape index (κ3) is 5.56. The molecule has 0 aromatic heterocycles. The van der Waals surface area contributed by atoms with Crippen molar-refractivity contribution in [1.82, 2.24) is 15.1 Å². The van der Waals surface area contributed by atoms with Gasteiger partial charge in [-0.1, -0.05) is 43.5 Å². The van der Waals surface area contributed by atoms with Crippen LogP contribution < -0.4 is 10.2 Å². The molecule has 35 heavy (non-hydrogen) atoms. The van der Waals surface area contributed by atoms with E-state index in [2.05, 4.69) is 70.4 Å². The highest BCUT2D eigenvalue weighted by Gasteiger charge is 2.23. The zero-order valence-corrected chi connectivity index (χ0v) is 21.4. The highest BCUT2D eigenvalue weighted by molar-refractivity contribution is 6.10. The van der Waals surface area contributed by atoms with Crippen LogP contribution >= 0.6 is 0 Å². The fraction of sp³-hybridized carbons (Fsp3) is 0.500. The zero-order chi connectivity index (χ0) is 24.2. The van der Waals surface area contributed by atoms with Crippen LogP contribution in [0.5, 0.6) is 0 Å². The van der Waals surface area contributed by atoms with Crippen molar-refractivity contribution >= 4 is 22.4 Å². The van der Waals surface area contributed by atoms with Gasteiger partial charge in [-0.3, -0.25) is 9.69 Å². The molecule has 2 heterocycles. The Morgan fingerprint density at radius 2 is 1.71 bits per heavy atom. The summed E-state index contributed by atoms with van der Waals surface area (Å²) in [4.78, 5) is 20.8. The van der Waals surface area contributed by atoms with E-state index in [1.165, 1.54) is 37.8 Å². The molecule has 2 aromatic rings. The van der Waals surface area contributed by atoms with Gasteiger partial charge < -0.3 is 15.1 Å². The van der Waals surface area contributed by atoms with Gasteiger partial charge in [0.05, 0.1) is 6.54 Å². The first-order valence-corrected chi connectivity index (χ1v) is 13.5. The molecule has 2 aromatic carbocycles. The Hall–Kier alpha value is -2.79. The number of anilines is 1. The molecule has 1 aliphatic carbocycles. The maximum Gasteiger partial charge on any atom is 0.256 e. The lowest BCUT2D eigenvalue weighted by molar-refractivity contribution is 0.0964. The van der Waals surface area contributed by atoms with Crippen LogP contribution in [-0.4, -0.2) is 61.0 Å². The molecule has 1 N–H and O–H groups in total. The van der Waals surface area contributed by atoms with Crippen molar-refractivity contribution in [1.29, 1.82) is 0 Å². The summed E-state index contributed by atoms with van der Waals surface area (Å²) in [6, 6.07) is 13.1. The molecule has 1 saturated carbocycles. The largest absolute Gasteiger partial charge is 0.371 e. The number of piperazine rings is 1. The number of rotatable bonds is 6. The number of nitrogens with one attached hydrogen (secondary N) is 1. The molecule has 186 valence electrons. The van der Waals surface area contributed by atoms with Gasteiger partial charge in [-0.2, -0.15) is 0 Å². The lowest BCUT2D eigenvalue weighted by atomic mass is 9.89. The summed E-state index contributed by atoms with van der Waals surface area (Å²) < 4.78 is 0. The average molecular weight is 473 g/mol. The number of allylic oxidation sites excluding steroid dienone is 2. The molecular formula is C30H40N4O. The SMILES string of the molecule is CC(C)N1CCN(c2ccc(C(=O)NC3=CC=CN(CC4CCCCC4)C3)c3ccccc23)CC1. The second-order valence-electron chi connectivity index (χ2n) is 10.7. The van der Waals surface area contributed by atoms with Crippen molar-refractivity contribution < 1.29 is 4.79 Å². The van der Waals surface area contributed by atoms with E-state index in [9.17, 15) is 4.79 Å². The Bertz CT molecular complexity index is 1090. The van der Waals surface area contributed by atoms with Crippen LogP contribution in [0.3, 0.4) is 0 Å². The molecule has 2 aliphatic heterocycles. The molecule has 3 aliphatic rings. The summed E-state index contributed by atoms with van der Waals surface area (Å²) in [7, 11) is 0. The lowest BCUT2D eigenvalue weighted by Gasteiger charge is -2.38. The van der Waals surface area contributed by atoms with Crippen molar-refractivity contribution in [2.24, 2.45) is 5.92 Å². The van der Waals surface area contributed by atoms with Gasteiger partial charge in [0, 0.05) is 61.1 Å². The van der Waals surface area contributed by atoms with Gasteiger partial charge >= 0.3 is 0 Å². The standard InChI is InChI=1S/C30H40N4O/c1-23(2)33-17-19-34(20-18-33)29-15-14-28(26-12-6-7-13-27(26)29)30(35)31-25-11-8-16-32(22-25)21-24-9-4-3-5-10-24/h6-8,11-16,23-24H,3-5,9-10,17-22H2,1-2H3,(H,31,35). The second-order valence-corrected chi connectivity index (χ2v) is 10.7. The maximum absolute atomic E-state index is 13.4. The highest BCUT2D eigenvalue weighted by Crippen LogP contribution is 2.31. The van der Waals surface area contributed by atoms with Gasteiger partial charge in [-0.15, -0.1) is 0 Å². The van der Waals surface area contributed by atoms with Crippen molar-refractivity contribution in [3.63, 3.8) is 0 Å². The molecular weight excluding hydrogens is 432 g/mol. The van der Waals surface area contributed by atoms with E-state index in [0.717, 1.165) is 67.2 Å². The van der Waals surface area contributed by atoms with Gasteiger partial charge in [-0.25, -0.2) is 0 Å². The molecule has 0 radical (unpaired) electrons. The molecule has 0 spiro atoms. The van der Waals surface area contributed by atoms with E-state index in [1.54, 1.807) is 0 Å². The molecule has 1 saturated heterocycles. The number of hydrogen-bond donors (Lipinski definition) is 1. The average Bonchev–Trinajstić information content (AvgIpc) is 2.89. The van der Waals surface area contributed by atoms with Gasteiger partial charge in [0.1, 0.15) is 0 Å². The molecule has 5 nitrogen and oxygen atoms in total. The van der Waals surface area contributed by atoms with Crippen LogP contribution in [0.25, 0.3) is 10.8 Å². The van der Waals surface area contributed by atoms with Gasteiger partial charge in [0.2, 0.25) is 0 Å². The summed E-state index contributed by atoms with van der Waals surface area (Å²) in [5, 5.41) is 5.41. The number of hydrogen-bond acceptors (Lipinski definition) is 4. The van der Waals surface area contributed by atoms with Gasteiger partial charge in [0.25, 0.3) is 5.91 Å². The summed E-state index contributed by atoms with van der Waals surface area (Å²) >= 11 is 0. The predicted molar refractivity (Wildman–Crippen MR) is 146 cm³/mol. The second kappa shape index (κ2) is 10.9. The third-order valence-electron chi connectivity index (χ3n) is 7.99. The van der Waals surface area contributed by atoms with E-state index in [4.69, 9.17) is 0 Å². The fourth-order valence-corrected chi connectivity index (χ4v) is 5.96. The quantitative estimate of drug-likeness (QED) is 0.612. The molecule has 0 atom stereocenters. The van der Waals surface area contributed by atoms with E-state index in [1.807, 2.05) is 18.2 Å². The van der Waals surface area contributed by atoms with Crippen LogP contribution in [0.15, 0.2) is 60.4 Å². The monoisotopic (exact) mass is 472 g/mol. The third-order valence-corrected chi connectivity index (χ3v) is 7.99. The van der Waals surface area contributed by atoms with E-state index < -0.39 is 0 Å². The maximum atomic E-state index is 13.4. The van der Waals surface area contributed by atoms with Crippen LogP contribution in [0, 0.1) is 5.92 Å². The molecule has 2 fully saturated rings. The molecule has 0 bridgehead atoms. The summed E-state index contributed by atoms with van der Waals surface area (Å²) in [6.45, 7) is 10.6. The molecule has 5 rings (SSSR count). The fourth-order valence-electron chi connectivity index (χ4n) is 5.96. The lowest BCUT2D eigenvalue weighted by Crippen LogP contribution is -2.49. The number of carbonyl (C=O) groups excluding carboxylic acids is 1. The van der Waals surface area contributed by atoms with Crippen LogP contribution in [0.2, 0.25) is 0 Å². The first kappa shape index (κ1) is 23.9. The Morgan fingerprint density at radius 1 is 0.971 bits per heavy atom. The number of nitrogens with zero attached hydrogens (tertiary/aromatic N) is 3. The number of fused-ring (bicyclic) bond motifs is 1. The Labute approximate surface area is 210 Å². The highest BCUT2D eigenvalue weighted by atomic mass is 16.1. The molecule has 0 unspecified atom stereocenters. The van der Waals surface area contributed by atoms with Crippen LogP contribution in [0.1, 0.15) is 56.3 Å². The predicted octanol–water partition coefficient (Wildman–Crippen LogP) is 5.39. The minimum absolute atomic E-state index is 0.0171. The van der Waals surface area contributed by atoms with Crippen LogP contribution in [-0.2, 0) is 0 Å².